The molecule has 3 aromatic rings. The third-order valence-corrected chi connectivity index (χ3v) is 5.06. The molecule has 2 heterocycles. The third-order valence-electron chi connectivity index (χ3n) is 3.86. The van der Waals surface area contributed by atoms with E-state index in [2.05, 4.69) is 9.29 Å². The highest BCUT2D eigenvalue weighted by atomic mass is 33.1. The molecule has 0 aliphatic rings. The van der Waals surface area contributed by atoms with Crippen molar-refractivity contribution in [2.45, 2.75) is 39.5 Å². The summed E-state index contributed by atoms with van der Waals surface area (Å²) in [5.74, 6) is 1.52. The number of nitrogens with one attached hydrogen (secondary N) is 1. The topological polar surface area (TPSA) is 72.2 Å². The average molecular weight is 393 g/mol. The number of aliphatic hydroxyl groups is 1. The van der Waals surface area contributed by atoms with Gasteiger partial charge in [0.1, 0.15) is 17.9 Å². The van der Waals surface area contributed by atoms with Crippen LogP contribution in [0.4, 0.5) is 5.82 Å². The molecule has 0 aliphatic heterocycles. The first kappa shape index (κ1) is 19.3. The van der Waals surface area contributed by atoms with Crippen molar-refractivity contribution < 1.29 is 9.84 Å². The van der Waals surface area contributed by atoms with E-state index in [0.29, 0.717) is 19.8 Å². The average Bonchev–Trinajstić information content (AvgIpc) is 2.95. The minimum atomic E-state index is -0.874. The van der Waals surface area contributed by atoms with Gasteiger partial charge in [-0.05, 0) is 33.1 Å². The summed E-state index contributed by atoms with van der Waals surface area (Å²) < 4.78 is 11.0. The van der Waals surface area contributed by atoms with Crippen molar-refractivity contribution in [3.63, 3.8) is 0 Å². The van der Waals surface area contributed by atoms with Gasteiger partial charge in [0.05, 0.1) is 23.2 Å². The summed E-state index contributed by atoms with van der Waals surface area (Å²) in [5.41, 5.74) is 1.78. The molecule has 6 nitrogen and oxygen atoms in total. The lowest BCUT2D eigenvalue weighted by molar-refractivity contribution is 0.0582. The van der Waals surface area contributed by atoms with Gasteiger partial charge in [0.2, 0.25) is 0 Å². The molecule has 2 aromatic heterocycles. The van der Waals surface area contributed by atoms with E-state index in [9.17, 15) is 5.11 Å². The van der Waals surface area contributed by atoms with Gasteiger partial charge in [0.25, 0.3) is 0 Å². The van der Waals surface area contributed by atoms with Gasteiger partial charge in [-0.15, -0.1) is 0 Å². The third kappa shape index (κ3) is 4.09. The first-order valence-electron chi connectivity index (χ1n) is 8.48. The number of imidazole rings is 1. The van der Waals surface area contributed by atoms with Gasteiger partial charge in [-0.1, -0.05) is 29.0 Å². The van der Waals surface area contributed by atoms with Crippen LogP contribution < -0.4 is 4.72 Å². The molecular weight excluding hydrogens is 368 g/mol. The first-order valence-corrected chi connectivity index (χ1v) is 11.0. The van der Waals surface area contributed by atoms with Crippen LogP contribution in [0.2, 0.25) is 0 Å². The van der Waals surface area contributed by atoms with E-state index in [1.807, 2.05) is 37.4 Å². The zero-order chi connectivity index (χ0) is 18.7. The molecule has 0 saturated heterocycles. The van der Waals surface area contributed by atoms with Gasteiger partial charge in [-0.2, -0.15) is 0 Å². The number of rotatable bonds is 8. The Balaban J connectivity index is 2.29. The first-order chi connectivity index (χ1) is 12.4. The standard InChI is InChI=1S/C18H24N4O2S2/c1-5-24-10-14-20-15-16(22(14)11-18(2,3)23)12-8-6-7-9-13(12)19-17(15)21-26-25-4/h6-9,23H,5,10-11H2,1-4H3,(H,19,21). The largest absolute Gasteiger partial charge is 0.389 e. The van der Waals surface area contributed by atoms with Crippen molar-refractivity contribution in [3.05, 3.63) is 30.1 Å². The Morgan fingerprint density at radius 2 is 2.04 bits per heavy atom. The molecule has 8 heteroatoms. The fourth-order valence-electron chi connectivity index (χ4n) is 2.90. The molecule has 3 rings (SSSR count). The Bertz CT molecular complexity index is 905. The number of ether oxygens (including phenoxy) is 1. The Kier molecular flexibility index (Phi) is 5.96. The number of pyridine rings is 1. The highest BCUT2D eigenvalue weighted by molar-refractivity contribution is 8.76. The van der Waals surface area contributed by atoms with Crippen LogP contribution in [0.3, 0.4) is 0 Å². The predicted octanol–water partition coefficient (Wildman–Crippen LogP) is 4.23. The number of hydrogen-bond acceptors (Lipinski definition) is 7. The zero-order valence-electron chi connectivity index (χ0n) is 15.4. The van der Waals surface area contributed by atoms with Crippen LogP contribution in [-0.4, -0.2) is 38.1 Å². The summed E-state index contributed by atoms with van der Waals surface area (Å²) in [6.45, 7) is 6.99. The number of hydrogen-bond donors (Lipinski definition) is 2. The van der Waals surface area contributed by atoms with Gasteiger partial charge in [-0.3, -0.25) is 0 Å². The fraction of sp³-hybridized carbons (Fsp3) is 0.444. The zero-order valence-corrected chi connectivity index (χ0v) is 17.1. The van der Waals surface area contributed by atoms with E-state index in [1.54, 1.807) is 24.6 Å². The molecule has 0 atom stereocenters. The van der Waals surface area contributed by atoms with Crippen LogP contribution in [-0.2, 0) is 17.9 Å². The lowest BCUT2D eigenvalue weighted by Crippen LogP contribution is -2.27. The molecule has 1 aromatic carbocycles. The van der Waals surface area contributed by atoms with Gasteiger partial charge >= 0.3 is 0 Å². The van der Waals surface area contributed by atoms with Gasteiger partial charge < -0.3 is 19.1 Å². The summed E-state index contributed by atoms with van der Waals surface area (Å²) in [5, 5.41) is 11.5. The van der Waals surface area contributed by atoms with E-state index in [4.69, 9.17) is 14.7 Å². The lowest BCUT2D eigenvalue weighted by Gasteiger charge is -2.20. The molecule has 0 aliphatic carbocycles. The molecule has 26 heavy (non-hydrogen) atoms. The summed E-state index contributed by atoms with van der Waals surface area (Å²) in [6.07, 6.45) is 2.00. The second-order valence-electron chi connectivity index (χ2n) is 6.59. The highest BCUT2D eigenvalue weighted by Crippen LogP contribution is 2.33. The molecule has 140 valence electrons. The second-order valence-corrected chi connectivity index (χ2v) is 8.79. The quantitative estimate of drug-likeness (QED) is 0.439. The molecule has 2 N–H and O–H groups in total. The summed E-state index contributed by atoms with van der Waals surface area (Å²) in [6, 6.07) is 8.01. The van der Waals surface area contributed by atoms with Crippen molar-refractivity contribution in [3.8, 4) is 0 Å². The van der Waals surface area contributed by atoms with Crippen LogP contribution in [0.25, 0.3) is 21.9 Å². The Morgan fingerprint density at radius 3 is 2.73 bits per heavy atom. The van der Waals surface area contributed by atoms with E-state index in [1.165, 1.54) is 11.0 Å². The maximum absolute atomic E-state index is 10.5. The molecule has 0 bridgehead atoms. The van der Waals surface area contributed by atoms with E-state index in [-0.39, 0.29) is 0 Å². The van der Waals surface area contributed by atoms with Crippen LogP contribution >= 0.6 is 21.8 Å². The number of para-hydroxylation sites is 1. The van der Waals surface area contributed by atoms with Crippen LogP contribution in [0.15, 0.2) is 24.3 Å². The number of aromatic nitrogens is 3. The fourth-order valence-corrected chi connectivity index (χ4v) is 3.69. The summed E-state index contributed by atoms with van der Waals surface area (Å²) in [7, 11) is 3.12. The molecule has 0 unspecified atom stereocenters. The predicted molar refractivity (Wildman–Crippen MR) is 111 cm³/mol. The van der Waals surface area contributed by atoms with E-state index in [0.717, 1.165) is 33.6 Å². The Morgan fingerprint density at radius 1 is 1.27 bits per heavy atom. The summed E-state index contributed by atoms with van der Waals surface area (Å²) >= 11 is 0. The number of anilines is 1. The minimum Gasteiger partial charge on any atom is -0.389 e. The maximum Gasteiger partial charge on any atom is 0.165 e. The van der Waals surface area contributed by atoms with Crippen molar-refractivity contribution in [1.82, 2.24) is 14.5 Å². The molecule has 0 saturated carbocycles. The maximum atomic E-state index is 10.5. The van der Waals surface area contributed by atoms with Crippen molar-refractivity contribution in [2.24, 2.45) is 0 Å². The minimum absolute atomic E-state index is 0.394. The van der Waals surface area contributed by atoms with Crippen molar-refractivity contribution in [1.29, 1.82) is 0 Å². The summed E-state index contributed by atoms with van der Waals surface area (Å²) in [4.78, 5) is 9.56. The van der Waals surface area contributed by atoms with Crippen molar-refractivity contribution in [2.75, 3.05) is 17.6 Å². The van der Waals surface area contributed by atoms with Crippen LogP contribution in [0, 0.1) is 0 Å². The monoisotopic (exact) mass is 392 g/mol. The number of benzene rings is 1. The van der Waals surface area contributed by atoms with Gasteiger partial charge in [0.15, 0.2) is 5.82 Å². The van der Waals surface area contributed by atoms with Gasteiger partial charge in [0, 0.05) is 23.0 Å². The Labute approximate surface area is 161 Å². The van der Waals surface area contributed by atoms with Crippen molar-refractivity contribution >= 4 is 49.5 Å². The van der Waals surface area contributed by atoms with Gasteiger partial charge in [-0.25, -0.2) is 9.97 Å². The molecule has 0 amide bonds. The molecular formula is C18H24N4O2S2. The van der Waals surface area contributed by atoms with Crippen LogP contribution in [0.5, 0.6) is 0 Å². The Hall–Kier alpha value is -1.48. The number of fused-ring (bicyclic) bond motifs is 3. The van der Waals surface area contributed by atoms with Crippen LogP contribution in [0.1, 0.15) is 26.6 Å². The molecule has 0 spiro atoms. The van der Waals surface area contributed by atoms with E-state index < -0.39 is 5.60 Å². The SMILES string of the molecule is CCOCc1nc2c(NSSC)nc3ccccc3c2n1CC(C)(C)O. The molecule has 0 fully saturated rings. The van der Waals surface area contributed by atoms with E-state index >= 15 is 0 Å². The smallest absolute Gasteiger partial charge is 0.165 e. The normalized spacial score (nSPS) is 12.2. The lowest BCUT2D eigenvalue weighted by atomic mass is 10.1. The molecule has 0 radical (unpaired) electrons. The highest BCUT2D eigenvalue weighted by Gasteiger charge is 2.23. The second kappa shape index (κ2) is 8.04. The number of nitrogens with zero attached hydrogens (tertiary/aromatic N) is 3.